The molecule has 0 aliphatic rings. The maximum Gasteiger partial charge on any atom is 0.323 e. The quantitative estimate of drug-likeness (QED) is 0.405. The number of phenols is 2. The summed E-state index contributed by atoms with van der Waals surface area (Å²) in [6.45, 7) is 0.120. The average Bonchev–Trinajstić information content (AvgIpc) is 2.56. The van der Waals surface area contributed by atoms with E-state index < -0.39 is 12.0 Å². The lowest BCUT2D eigenvalue weighted by atomic mass is 10.1. The fourth-order valence-corrected chi connectivity index (χ4v) is 1.97. The molecule has 0 aromatic heterocycles. The van der Waals surface area contributed by atoms with Gasteiger partial charge in [-0.1, -0.05) is 6.07 Å². The number of hydrogen-bond donors (Lipinski definition) is 3. The van der Waals surface area contributed by atoms with Crippen molar-refractivity contribution in [1.82, 2.24) is 0 Å². The first-order valence-electron chi connectivity index (χ1n) is 7.27. The van der Waals surface area contributed by atoms with Gasteiger partial charge in [-0.3, -0.25) is 4.79 Å². The van der Waals surface area contributed by atoms with Crippen LogP contribution in [0.4, 0.5) is 4.39 Å². The highest BCUT2D eigenvalue weighted by molar-refractivity contribution is 5.75. The Bertz CT molecular complexity index is 690. The Hall–Kier alpha value is -2.80. The Kier molecular flexibility index (Phi) is 5.97. The fourth-order valence-electron chi connectivity index (χ4n) is 1.97. The molecule has 0 spiro atoms. The summed E-state index contributed by atoms with van der Waals surface area (Å²) in [6, 6.07) is 8.79. The van der Waals surface area contributed by atoms with Crippen LogP contribution < -0.4 is 10.5 Å². The Morgan fingerprint density at radius 2 is 1.79 bits per heavy atom. The molecule has 2 rings (SSSR count). The van der Waals surface area contributed by atoms with Crippen molar-refractivity contribution in [3.63, 3.8) is 0 Å². The molecule has 7 heteroatoms. The second kappa shape index (κ2) is 8.16. The van der Waals surface area contributed by atoms with Crippen LogP contribution in [0, 0.1) is 5.82 Å². The van der Waals surface area contributed by atoms with Crippen LogP contribution in [0.3, 0.4) is 0 Å². The van der Waals surface area contributed by atoms with Crippen LogP contribution in [0.5, 0.6) is 17.2 Å². The van der Waals surface area contributed by atoms with Gasteiger partial charge in [-0.05, 0) is 48.4 Å². The Morgan fingerprint density at radius 3 is 2.46 bits per heavy atom. The minimum absolute atomic E-state index is 0.00470. The first-order valence-corrected chi connectivity index (χ1v) is 7.27. The highest BCUT2D eigenvalue weighted by atomic mass is 19.1. The highest BCUT2D eigenvalue weighted by Gasteiger charge is 2.16. The Balaban J connectivity index is 1.73. The highest BCUT2D eigenvalue weighted by Crippen LogP contribution is 2.25. The smallest absolute Gasteiger partial charge is 0.323 e. The summed E-state index contributed by atoms with van der Waals surface area (Å²) >= 11 is 0. The SMILES string of the molecule is NC(Cc1ccc(O)c(O)c1)C(=O)OCCOc1ccc(F)cc1. The van der Waals surface area contributed by atoms with Crippen molar-refractivity contribution >= 4 is 5.97 Å². The molecular weight excluding hydrogens is 317 g/mol. The van der Waals surface area contributed by atoms with Crippen LogP contribution in [-0.2, 0) is 16.0 Å². The number of ether oxygens (including phenoxy) is 2. The molecule has 6 nitrogen and oxygen atoms in total. The minimum atomic E-state index is -0.903. The third-order valence-electron chi connectivity index (χ3n) is 3.21. The molecule has 1 atom stereocenters. The van der Waals surface area contributed by atoms with Gasteiger partial charge < -0.3 is 25.4 Å². The largest absolute Gasteiger partial charge is 0.504 e. The Labute approximate surface area is 138 Å². The Morgan fingerprint density at radius 1 is 1.08 bits per heavy atom. The number of aromatic hydroxyl groups is 2. The molecule has 128 valence electrons. The molecule has 2 aromatic rings. The third-order valence-corrected chi connectivity index (χ3v) is 3.21. The molecule has 0 radical (unpaired) electrons. The monoisotopic (exact) mass is 335 g/mol. The zero-order chi connectivity index (χ0) is 17.5. The zero-order valence-corrected chi connectivity index (χ0v) is 12.8. The molecule has 24 heavy (non-hydrogen) atoms. The molecule has 0 heterocycles. The predicted octanol–water partition coefficient (Wildman–Crippen LogP) is 1.73. The van der Waals surface area contributed by atoms with E-state index in [1.807, 2.05) is 0 Å². The topological polar surface area (TPSA) is 102 Å². The zero-order valence-electron chi connectivity index (χ0n) is 12.8. The van der Waals surface area contributed by atoms with Crippen LogP contribution in [-0.4, -0.2) is 35.4 Å². The summed E-state index contributed by atoms with van der Waals surface area (Å²) < 4.78 is 23.0. The van der Waals surface area contributed by atoms with Crippen LogP contribution in [0.15, 0.2) is 42.5 Å². The van der Waals surface area contributed by atoms with Gasteiger partial charge in [0.1, 0.15) is 30.8 Å². The van der Waals surface area contributed by atoms with Crippen molar-refractivity contribution in [3.05, 3.63) is 53.8 Å². The van der Waals surface area contributed by atoms with E-state index in [0.29, 0.717) is 11.3 Å². The molecule has 0 saturated carbocycles. The van der Waals surface area contributed by atoms with Gasteiger partial charge in [0, 0.05) is 0 Å². The fraction of sp³-hybridized carbons (Fsp3) is 0.235. The number of halogens is 1. The van der Waals surface area contributed by atoms with Crippen molar-refractivity contribution < 1.29 is 28.9 Å². The van der Waals surface area contributed by atoms with Crippen LogP contribution >= 0.6 is 0 Å². The van der Waals surface area contributed by atoms with Crippen molar-refractivity contribution in [2.24, 2.45) is 5.73 Å². The summed E-state index contributed by atoms with van der Waals surface area (Å²) in [5, 5.41) is 18.6. The number of phenolic OH excluding ortho intramolecular Hbond substituents is 2. The van der Waals surface area contributed by atoms with E-state index in [2.05, 4.69) is 0 Å². The number of benzene rings is 2. The van der Waals surface area contributed by atoms with E-state index in [1.54, 1.807) is 6.07 Å². The number of nitrogens with two attached hydrogens (primary N) is 1. The van der Waals surface area contributed by atoms with Crippen molar-refractivity contribution in [1.29, 1.82) is 0 Å². The average molecular weight is 335 g/mol. The van der Waals surface area contributed by atoms with E-state index in [-0.39, 0.29) is 37.0 Å². The lowest BCUT2D eigenvalue weighted by molar-refractivity contribution is -0.145. The number of esters is 1. The van der Waals surface area contributed by atoms with Gasteiger partial charge in [0.15, 0.2) is 11.5 Å². The van der Waals surface area contributed by atoms with E-state index >= 15 is 0 Å². The predicted molar refractivity (Wildman–Crippen MR) is 84.3 cm³/mol. The lowest BCUT2D eigenvalue weighted by Gasteiger charge is -2.12. The van der Waals surface area contributed by atoms with E-state index in [4.69, 9.17) is 15.2 Å². The summed E-state index contributed by atoms with van der Waals surface area (Å²) in [7, 11) is 0. The normalized spacial score (nSPS) is 11.8. The van der Waals surface area contributed by atoms with Crippen molar-refractivity contribution in [3.8, 4) is 17.2 Å². The van der Waals surface area contributed by atoms with Gasteiger partial charge in [-0.2, -0.15) is 0 Å². The number of carbonyl (C=O) groups excluding carboxylic acids is 1. The summed E-state index contributed by atoms with van der Waals surface area (Å²) in [5.41, 5.74) is 6.34. The van der Waals surface area contributed by atoms with Crippen LogP contribution in [0.2, 0.25) is 0 Å². The van der Waals surface area contributed by atoms with Gasteiger partial charge in [-0.25, -0.2) is 4.39 Å². The van der Waals surface area contributed by atoms with Gasteiger partial charge in [-0.15, -0.1) is 0 Å². The van der Waals surface area contributed by atoms with Gasteiger partial charge in [0.05, 0.1) is 0 Å². The number of carbonyl (C=O) groups is 1. The maximum absolute atomic E-state index is 12.7. The van der Waals surface area contributed by atoms with E-state index in [9.17, 15) is 19.4 Å². The molecule has 0 bridgehead atoms. The molecule has 0 saturated heterocycles. The molecule has 2 aromatic carbocycles. The standard InChI is InChI=1S/C17H18FNO5/c18-12-2-4-13(5-3-12)23-7-8-24-17(22)14(19)9-11-1-6-15(20)16(21)10-11/h1-6,10,14,20-21H,7-9,19H2. The summed E-state index contributed by atoms with van der Waals surface area (Å²) in [4.78, 5) is 11.8. The number of hydrogen-bond acceptors (Lipinski definition) is 6. The molecule has 0 amide bonds. The second-order valence-corrected chi connectivity index (χ2v) is 5.10. The van der Waals surface area contributed by atoms with Gasteiger partial charge in [0.25, 0.3) is 0 Å². The van der Waals surface area contributed by atoms with E-state index in [0.717, 1.165) is 0 Å². The van der Waals surface area contributed by atoms with Gasteiger partial charge in [0.2, 0.25) is 0 Å². The molecule has 0 aliphatic heterocycles. The van der Waals surface area contributed by atoms with E-state index in [1.165, 1.54) is 36.4 Å². The second-order valence-electron chi connectivity index (χ2n) is 5.10. The number of rotatable bonds is 7. The lowest BCUT2D eigenvalue weighted by Crippen LogP contribution is -2.35. The van der Waals surface area contributed by atoms with Crippen LogP contribution in [0.1, 0.15) is 5.56 Å². The van der Waals surface area contributed by atoms with Crippen LogP contribution in [0.25, 0.3) is 0 Å². The third kappa shape index (κ3) is 5.13. The van der Waals surface area contributed by atoms with Gasteiger partial charge >= 0.3 is 5.97 Å². The van der Waals surface area contributed by atoms with Crippen molar-refractivity contribution in [2.45, 2.75) is 12.5 Å². The first-order chi connectivity index (χ1) is 11.5. The molecule has 0 fully saturated rings. The molecular formula is C17H18FNO5. The van der Waals surface area contributed by atoms with Crippen molar-refractivity contribution in [2.75, 3.05) is 13.2 Å². The summed E-state index contributed by atoms with van der Waals surface area (Å²) in [6.07, 6.45) is 0.158. The molecule has 1 unspecified atom stereocenters. The maximum atomic E-state index is 12.7. The molecule has 4 N–H and O–H groups in total. The molecule has 0 aliphatic carbocycles. The minimum Gasteiger partial charge on any atom is -0.504 e. The first kappa shape index (κ1) is 17.6. The summed E-state index contributed by atoms with van der Waals surface area (Å²) in [5.74, 6) is -1.02.